The van der Waals surface area contributed by atoms with Gasteiger partial charge < -0.3 is 10.6 Å². The molecule has 0 saturated carbocycles. The summed E-state index contributed by atoms with van der Waals surface area (Å²) in [6.07, 6.45) is 5.98. The Hall–Kier alpha value is -0.370. The summed E-state index contributed by atoms with van der Waals surface area (Å²) < 4.78 is 0. The Morgan fingerprint density at radius 3 is 2.45 bits per heavy atom. The van der Waals surface area contributed by atoms with Crippen LogP contribution in [-0.4, -0.2) is 35.5 Å². The van der Waals surface area contributed by atoms with Crippen molar-refractivity contribution in [2.45, 2.75) is 58.3 Å². The highest BCUT2D eigenvalue weighted by atomic mass is 127. The molecular formula is C16H29IN4S. The van der Waals surface area contributed by atoms with E-state index in [4.69, 9.17) is 10.7 Å². The Balaban J connectivity index is 0.00000242. The third-order valence-corrected chi connectivity index (χ3v) is 5.08. The smallest absolute Gasteiger partial charge is 0.191 e. The number of nitrogens with two attached hydrogens (primary N) is 1. The van der Waals surface area contributed by atoms with Gasteiger partial charge in [-0.05, 0) is 12.8 Å². The van der Waals surface area contributed by atoms with Crippen molar-refractivity contribution < 1.29 is 0 Å². The Morgan fingerprint density at radius 2 is 1.91 bits per heavy atom. The number of aliphatic imine (C=N–C) groups is 1. The molecule has 0 aromatic carbocycles. The third kappa shape index (κ3) is 6.02. The minimum Gasteiger partial charge on any atom is -0.370 e. The van der Waals surface area contributed by atoms with Gasteiger partial charge in [0.15, 0.2) is 5.96 Å². The maximum Gasteiger partial charge on any atom is 0.191 e. The zero-order valence-corrected chi connectivity index (χ0v) is 17.1. The highest BCUT2D eigenvalue weighted by Gasteiger charge is 2.17. The van der Waals surface area contributed by atoms with Gasteiger partial charge in [-0.3, -0.25) is 4.99 Å². The van der Waals surface area contributed by atoms with Crippen LogP contribution in [0.15, 0.2) is 10.4 Å². The third-order valence-electron chi connectivity index (χ3n) is 3.77. The molecular weight excluding hydrogens is 407 g/mol. The minimum atomic E-state index is 0. The van der Waals surface area contributed by atoms with Crippen LogP contribution in [0.4, 0.5) is 0 Å². The molecule has 0 aliphatic carbocycles. The van der Waals surface area contributed by atoms with Crippen LogP contribution in [0.1, 0.15) is 57.2 Å². The predicted octanol–water partition coefficient (Wildman–Crippen LogP) is 3.79. The van der Waals surface area contributed by atoms with Crippen molar-refractivity contribution in [1.82, 2.24) is 9.88 Å². The number of hydrogen-bond acceptors (Lipinski definition) is 3. The number of rotatable bonds is 3. The first-order valence-corrected chi connectivity index (χ1v) is 8.84. The molecule has 6 heteroatoms. The van der Waals surface area contributed by atoms with E-state index in [0.717, 1.165) is 31.7 Å². The average Bonchev–Trinajstić information content (AvgIpc) is 2.73. The maximum atomic E-state index is 6.11. The summed E-state index contributed by atoms with van der Waals surface area (Å²) in [6, 6.07) is 0. The van der Waals surface area contributed by atoms with E-state index >= 15 is 0 Å². The fraction of sp³-hybridized carbons (Fsp3) is 0.750. The Bertz CT molecular complexity index is 471. The van der Waals surface area contributed by atoms with Crippen LogP contribution in [0, 0.1) is 0 Å². The van der Waals surface area contributed by atoms with Crippen LogP contribution >= 0.6 is 35.3 Å². The van der Waals surface area contributed by atoms with Crippen molar-refractivity contribution in [1.29, 1.82) is 0 Å². The summed E-state index contributed by atoms with van der Waals surface area (Å²) in [7, 11) is 0. The largest absolute Gasteiger partial charge is 0.370 e. The lowest BCUT2D eigenvalue weighted by Gasteiger charge is -2.20. The Morgan fingerprint density at radius 1 is 1.27 bits per heavy atom. The first kappa shape index (κ1) is 19.7. The fourth-order valence-corrected chi connectivity index (χ4v) is 3.39. The van der Waals surface area contributed by atoms with E-state index in [1.807, 2.05) is 0 Å². The molecule has 126 valence electrons. The molecule has 1 aliphatic heterocycles. The molecule has 0 spiro atoms. The van der Waals surface area contributed by atoms with Gasteiger partial charge in [-0.25, -0.2) is 4.98 Å². The number of halogens is 1. The SMILES string of the molecule is CC(C)(C)c1nc(CCN=C(N)N2CCCCCC2)cs1.I. The topological polar surface area (TPSA) is 54.5 Å². The molecule has 0 amide bonds. The molecule has 22 heavy (non-hydrogen) atoms. The van der Waals surface area contributed by atoms with Gasteiger partial charge in [0.25, 0.3) is 0 Å². The summed E-state index contributed by atoms with van der Waals surface area (Å²) in [5.74, 6) is 0.711. The molecule has 2 heterocycles. The van der Waals surface area contributed by atoms with Crippen molar-refractivity contribution in [2.24, 2.45) is 10.7 Å². The number of likely N-dealkylation sites (tertiary alicyclic amines) is 1. The fourth-order valence-electron chi connectivity index (χ4n) is 2.45. The summed E-state index contributed by atoms with van der Waals surface area (Å²) in [4.78, 5) is 11.5. The first-order chi connectivity index (χ1) is 9.97. The zero-order valence-electron chi connectivity index (χ0n) is 14.0. The number of nitrogens with zero attached hydrogens (tertiary/aromatic N) is 3. The van der Waals surface area contributed by atoms with Gasteiger partial charge in [-0.15, -0.1) is 35.3 Å². The van der Waals surface area contributed by atoms with E-state index in [1.165, 1.54) is 30.7 Å². The molecule has 1 fully saturated rings. The van der Waals surface area contributed by atoms with E-state index in [1.54, 1.807) is 11.3 Å². The van der Waals surface area contributed by atoms with Gasteiger partial charge in [0, 0.05) is 36.9 Å². The number of guanidine groups is 1. The van der Waals surface area contributed by atoms with Crippen molar-refractivity contribution in [3.8, 4) is 0 Å². The highest BCUT2D eigenvalue weighted by Crippen LogP contribution is 2.25. The van der Waals surface area contributed by atoms with Crippen LogP contribution in [0.25, 0.3) is 0 Å². The maximum absolute atomic E-state index is 6.11. The van der Waals surface area contributed by atoms with E-state index in [0.29, 0.717) is 5.96 Å². The van der Waals surface area contributed by atoms with Crippen molar-refractivity contribution in [3.63, 3.8) is 0 Å². The summed E-state index contributed by atoms with van der Waals surface area (Å²) in [6.45, 7) is 9.44. The van der Waals surface area contributed by atoms with Crippen LogP contribution in [-0.2, 0) is 11.8 Å². The molecule has 1 aromatic heterocycles. The molecule has 1 saturated heterocycles. The standard InChI is InChI=1S/C16H28N4S.HI/c1-16(2,3)14-19-13(12-21-14)8-9-18-15(17)20-10-6-4-5-7-11-20;/h12H,4-11H2,1-3H3,(H2,17,18);1H. The molecule has 0 unspecified atom stereocenters. The van der Waals surface area contributed by atoms with E-state index in [-0.39, 0.29) is 29.4 Å². The van der Waals surface area contributed by atoms with Crippen LogP contribution in [0.2, 0.25) is 0 Å². The summed E-state index contributed by atoms with van der Waals surface area (Å²) in [5, 5.41) is 3.35. The number of aromatic nitrogens is 1. The molecule has 0 atom stereocenters. The molecule has 1 aliphatic rings. The number of hydrogen-bond donors (Lipinski definition) is 1. The Kier molecular flexibility index (Phi) is 8.10. The predicted molar refractivity (Wildman–Crippen MR) is 106 cm³/mol. The zero-order chi connectivity index (χ0) is 15.3. The van der Waals surface area contributed by atoms with Gasteiger partial charge in [0.05, 0.1) is 10.7 Å². The summed E-state index contributed by atoms with van der Waals surface area (Å²) >= 11 is 1.74. The van der Waals surface area contributed by atoms with E-state index < -0.39 is 0 Å². The van der Waals surface area contributed by atoms with Crippen molar-refractivity contribution >= 4 is 41.3 Å². The van der Waals surface area contributed by atoms with Crippen LogP contribution in [0.3, 0.4) is 0 Å². The van der Waals surface area contributed by atoms with Crippen molar-refractivity contribution in [3.05, 3.63) is 16.1 Å². The first-order valence-electron chi connectivity index (χ1n) is 7.96. The lowest BCUT2D eigenvalue weighted by atomic mass is 9.98. The van der Waals surface area contributed by atoms with Gasteiger partial charge >= 0.3 is 0 Å². The minimum absolute atomic E-state index is 0. The van der Waals surface area contributed by atoms with Crippen LogP contribution < -0.4 is 5.73 Å². The monoisotopic (exact) mass is 436 g/mol. The normalized spacial score (nSPS) is 17.0. The van der Waals surface area contributed by atoms with E-state index in [9.17, 15) is 0 Å². The Labute approximate surface area is 155 Å². The molecule has 2 N–H and O–H groups in total. The second-order valence-corrected chi connectivity index (χ2v) is 7.64. The van der Waals surface area contributed by atoms with Gasteiger partial charge in [-0.1, -0.05) is 33.6 Å². The van der Waals surface area contributed by atoms with Gasteiger partial charge in [0.1, 0.15) is 0 Å². The lowest BCUT2D eigenvalue weighted by molar-refractivity contribution is 0.428. The van der Waals surface area contributed by atoms with Gasteiger partial charge in [-0.2, -0.15) is 0 Å². The average molecular weight is 436 g/mol. The number of thiazole rings is 1. The lowest BCUT2D eigenvalue weighted by Crippen LogP contribution is -2.38. The molecule has 1 aromatic rings. The molecule has 2 rings (SSSR count). The highest BCUT2D eigenvalue weighted by molar-refractivity contribution is 14.0. The molecule has 0 bridgehead atoms. The van der Waals surface area contributed by atoms with Crippen molar-refractivity contribution in [2.75, 3.05) is 19.6 Å². The quantitative estimate of drug-likeness (QED) is 0.446. The van der Waals surface area contributed by atoms with E-state index in [2.05, 4.69) is 36.0 Å². The van der Waals surface area contributed by atoms with Gasteiger partial charge in [0.2, 0.25) is 0 Å². The second kappa shape index (κ2) is 9.05. The van der Waals surface area contributed by atoms with Crippen LogP contribution in [0.5, 0.6) is 0 Å². The molecule has 0 radical (unpaired) electrons. The second-order valence-electron chi connectivity index (χ2n) is 6.79. The summed E-state index contributed by atoms with van der Waals surface area (Å²) in [5.41, 5.74) is 7.39. The molecule has 4 nitrogen and oxygen atoms in total.